The van der Waals surface area contributed by atoms with Crippen LogP contribution in [0.25, 0.3) is 0 Å². The molecule has 0 radical (unpaired) electrons. The van der Waals surface area contributed by atoms with E-state index in [2.05, 4.69) is 5.32 Å². The molecule has 94 valence electrons. The molecule has 0 atom stereocenters. The first-order valence-corrected chi connectivity index (χ1v) is 5.57. The van der Waals surface area contributed by atoms with Crippen molar-refractivity contribution in [3.8, 4) is 0 Å². The molecule has 2 aromatic carbocycles. The van der Waals surface area contributed by atoms with Gasteiger partial charge in [-0.25, -0.2) is 13.2 Å². The van der Waals surface area contributed by atoms with E-state index in [1.165, 1.54) is 30.3 Å². The van der Waals surface area contributed by atoms with Crippen LogP contribution in [0.15, 0.2) is 36.4 Å². The highest BCUT2D eigenvalue weighted by atomic mass is 35.5. The minimum absolute atomic E-state index is 0.0143. The van der Waals surface area contributed by atoms with Gasteiger partial charge in [-0.15, -0.1) is 0 Å². The molecular formula is C13H9ClF3N. The number of rotatable bonds is 3. The summed E-state index contributed by atoms with van der Waals surface area (Å²) >= 11 is 5.61. The van der Waals surface area contributed by atoms with E-state index in [4.69, 9.17) is 11.6 Å². The van der Waals surface area contributed by atoms with Gasteiger partial charge in [0, 0.05) is 23.9 Å². The maximum atomic E-state index is 13.3. The molecule has 0 aliphatic rings. The Bertz CT molecular complexity index is 572. The van der Waals surface area contributed by atoms with Crippen molar-refractivity contribution in [3.05, 3.63) is 64.4 Å². The SMILES string of the molecule is Fc1ccc(CNc2ccc(F)c(Cl)c2)c(F)c1. The predicted octanol–water partition coefficient (Wildman–Crippen LogP) is 4.37. The Labute approximate surface area is 107 Å². The zero-order chi connectivity index (χ0) is 13.1. The quantitative estimate of drug-likeness (QED) is 0.874. The molecule has 0 amide bonds. The first-order valence-electron chi connectivity index (χ1n) is 5.19. The van der Waals surface area contributed by atoms with E-state index in [-0.39, 0.29) is 11.6 Å². The summed E-state index contributed by atoms with van der Waals surface area (Å²) in [6.07, 6.45) is 0. The molecule has 0 aliphatic carbocycles. The Kier molecular flexibility index (Phi) is 3.77. The normalized spacial score (nSPS) is 10.4. The molecule has 18 heavy (non-hydrogen) atoms. The highest BCUT2D eigenvalue weighted by Crippen LogP contribution is 2.20. The summed E-state index contributed by atoms with van der Waals surface area (Å²) in [6.45, 7) is 0.161. The van der Waals surface area contributed by atoms with Crippen molar-refractivity contribution in [2.75, 3.05) is 5.32 Å². The molecule has 0 aliphatic heterocycles. The predicted molar refractivity (Wildman–Crippen MR) is 65.1 cm³/mol. The van der Waals surface area contributed by atoms with Gasteiger partial charge in [-0.2, -0.15) is 0 Å². The van der Waals surface area contributed by atoms with Crippen molar-refractivity contribution >= 4 is 17.3 Å². The summed E-state index contributed by atoms with van der Waals surface area (Å²) in [6, 6.07) is 7.45. The molecule has 0 heterocycles. The van der Waals surface area contributed by atoms with Gasteiger partial charge in [0.1, 0.15) is 17.5 Å². The average Bonchev–Trinajstić information content (AvgIpc) is 2.32. The molecule has 0 bridgehead atoms. The molecule has 0 unspecified atom stereocenters. The number of benzene rings is 2. The maximum Gasteiger partial charge on any atom is 0.141 e. The maximum absolute atomic E-state index is 13.3. The van der Waals surface area contributed by atoms with Gasteiger partial charge in [0.25, 0.3) is 0 Å². The van der Waals surface area contributed by atoms with E-state index < -0.39 is 17.5 Å². The lowest BCUT2D eigenvalue weighted by atomic mass is 10.2. The second kappa shape index (κ2) is 5.31. The van der Waals surface area contributed by atoms with Crippen molar-refractivity contribution in [2.45, 2.75) is 6.54 Å². The van der Waals surface area contributed by atoms with Gasteiger partial charge in [-0.05, 0) is 24.3 Å². The van der Waals surface area contributed by atoms with Crippen LogP contribution in [-0.2, 0) is 6.54 Å². The van der Waals surface area contributed by atoms with Crippen LogP contribution in [0.5, 0.6) is 0 Å². The monoisotopic (exact) mass is 271 g/mol. The summed E-state index contributed by atoms with van der Waals surface area (Å²) in [5, 5.41) is 2.86. The third-order valence-corrected chi connectivity index (χ3v) is 2.71. The van der Waals surface area contributed by atoms with E-state index in [1.807, 2.05) is 0 Å². The number of halogens is 4. The second-order valence-corrected chi connectivity index (χ2v) is 4.13. The first kappa shape index (κ1) is 12.8. The van der Waals surface area contributed by atoms with E-state index in [0.717, 1.165) is 6.07 Å². The largest absolute Gasteiger partial charge is 0.381 e. The number of hydrogen-bond donors (Lipinski definition) is 1. The summed E-state index contributed by atoms with van der Waals surface area (Å²) in [5.41, 5.74) is 0.877. The molecule has 1 nitrogen and oxygen atoms in total. The Hall–Kier alpha value is -1.68. The fraction of sp³-hybridized carbons (Fsp3) is 0.0769. The molecule has 0 fully saturated rings. The number of nitrogens with one attached hydrogen (secondary N) is 1. The van der Waals surface area contributed by atoms with E-state index >= 15 is 0 Å². The van der Waals surface area contributed by atoms with Crippen LogP contribution in [0.4, 0.5) is 18.9 Å². The third kappa shape index (κ3) is 2.96. The first-order chi connectivity index (χ1) is 8.56. The Morgan fingerprint density at radius 1 is 0.944 bits per heavy atom. The van der Waals surface area contributed by atoms with Gasteiger partial charge >= 0.3 is 0 Å². The average molecular weight is 272 g/mol. The third-order valence-electron chi connectivity index (χ3n) is 2.42. The standard InChI is InChI=1S/C13H9ClF3N/c14-11-6-10(3-4-12(11)16)18-7-8-1-2-9(15)5-13(8)17/h1-6,18H,7H2. The minimum atomic E-state index is -0.629. The molecule has 1 N–H and O–H groups in total. The topological polar surface area (TPSA) is 12.0 Å². The summed E-state index contributed by atoms with van der Waals surface area (Å²) in [7, 11) is 0. The van der Waals surface area contributed by atoms with Crippen molar-refractivity contribution in [3.63, 3.8) is 0 Å². The molecule has 0 spiro atoms. The van der Waals surface area contributed by atoms with Crippen LogP contribution >= 0.6 is 11.6 Å². The fourth-order valence-corrected chi connectivity index (χ4v) is 1.65. The van der Waals surface area contributed by atoms with E-state index in [0.29, 0.717) is 11.3 Å². The molecule has 0 saturated carbocycles. The lowest BCUT2D eigenvalue weighted by Gasteiger charge is -2.08. The van der Waals surface area contributed by atoms with Crippen molar-refractivity contribution < 1.29 is 13.2 Å². The van der Waals surface area contributed by atoms with Gasteiger partial charge in [-0.3, -0.25) is 0 Å². The number of anilines is 1. The van der Waals surface area contributed by atoms with Crippen LogP contribution in [0, 0.1) is 17.5 Å². The number of hydrogen-bond acceptors (Lipinski definition) is 1. The van der Waals surface area contributed by atoms with Gasteiger partial charge in [0.2, 0.25) is 0 Å². The molecule has 0 aromatic heterocycles. The highest BCUT2D eigenvalue weighted by Gasteiger charge is 2.05. The summed E-state index contributed by atoms with van der Waals surface area (Å²) in [4.78, 5) is 0. The Balaban J connectivity index is 2.09. The van der Waals surface area contributed by atoms with E-state index in [9.17, 15) is 13.2 Å². The molecule has 2 rings (SSSR count). The molecular weight excluding hydrogens is 263 g/mol. The van der Waals surface area contributed by atoms with Crippen LogP contribution < -0.4 is 5.32 Å². The Morgan fingerprint density at radius 3 is 2.39 bits per heavy atom. The summed E-state index contributed by atoms with van der Waals surface area (Å²) in [5.74, 6) is -1.77. The summed E-state index contributed by atoms with van der Waals surface area (Å²) < 4.78 is 38.9. The van der Waals surface area contributed by atoms with Crippen LogP contribution in [0.1, 0.15) is 5.56 Å². The van der Waals surface area contributed by atoms with Gasteiger partial charge in [0.05, 0.1) is 5.02 Å². The highest BCUT2D eigenvalue weighted by molar-refractivity contribution is 6.31. The van der Waals surface area contributed by atoms with Crippen LogP contribution in [0.2, 0.25) is 5.02 Å². The zero-order valence-corrected chi connectivity index (χ0v) is 9.94. The lowest BCUT2D eigenvalue weighted by molar-refractivity contribution is 0.574. The van der Waals surface area contributed by atoms with Crippen molar-refractivity contribution in [1.29, 1.82) is 0 Å². The van der Waals surface area contributed by atoms with Crippen LogP contribution in [0.3, 0.4) is 0 Å². The molecule has 5 heteroatoms. The Morgan fingerprint density at radius 2 is 1.72 bits per heavy atom. The van der Waals surface area contributed by atoms with Gasteiger partial charge < -0.3 is 5.32 Å². The lowest BCUT2D eigenvalue weighted by Crippen LogP contribution is -2.02. The smallest absolute Gasteiger partial charge is 0.141 e. The van der Waals surface area contributed by atoms with Gasteiger partial charge in [0.15, 0.2) is 0 Å². The van der Waals surface area contributed by atoms with Crippen molar-refractivity contribution in [2.24, 2.45) is 0 Å². The van der Waals surface area contributed by atoms with Crippen LogP contribution in [-0.4, -0.2) is 0 Å². The molecule has 0 saturated heterocycles. The van der Waals surface area contributed by atoms with Gasteiger partial charge in [-0.1, -0.05) is 17.7 Å². The second-order valence-electron chi connectivity index (χ2n) is 3.72. The van der Waals surface area contributed by atoms with Crippen molar-refractivity contribution in [1.82, 2.24) is 0 Å². The minimum Gasteiger partial charge on any atom is -0.381 e. The van der Waals surface area contributed by atoms with E-state index in [1.54, 1.807) is 0 Å². The molecule has 2 aromatic rings. The fourth-order valence-electron chi connectivity index (χ4n) is 1.47. The zero-order valence-electron chi connectivity index (χ0n) is 9.18.